The topological polar surface area (TPSA) is 85.2 Å². The van der Waals surface area contributed by atoms with Gasteiger partial charge in [-0.2, -0.15) is 0 Å². The van der Waals surface area contributed by atoms with Crippen LogP contribution < -0.4 is 5.32 Å². The van der Waals surface area contributed by atoms with Crippen LogP contribution in [0.1, 0.15) is 49.3 Å². The van der Waals surface area contributed by atoms with Crippen LogP contribution in [0.3, 0.4) is 0 Å². The number of tetrazole rings is 1. The zero-order valence-corrected chi connectivity index (χ0v) is 18.1. The minimum Gasteiger partial charge on any atom is -0.379 e. The standard InChI is InChI=1S/C21H30N6O2S/c28-20(16-30-21-23-24-25-27(21)19-8-2-1-3-9-19)22-14-17-6-4-5-7-18(17)15-26-10-12-29-13-11-26/h4-7,19H,1-3,8-16H2,(H,22,28). The van der Waals surface area contributed by atoms with E-state index < -0.39 is 0 Å². The van der Waals surface area contributed by atoms with Crippen molar-refractivity contribution in [3.63, 3.8) is 0 Å². The van der Waals surface area contributed by atoms with Crippen LogP contribution in [0.4, 0.5) is 0 Å². The predicted molar refractivity (Wildman–Crippen MR) is 115 cm³/mol. The lowest BCUT2D eigenvalue weighted by Crippen LogP contribution is -2.36. The van der Waals surface area contributed by atoms with Crippen LogP contribution in [-0.4, -0.2) is 63.1 Å². The van der Waals surface area contributed by atoms with E-state index in [0.29, 0.717) is 18.3 Å². The van der Waals surface area contributed by atoms with Gasteiger partial charge in [0.05, 0.1) is 25.0 Å². The smallest absolute Gasteiger partial charge is 0.230 e. The highest BCUT2D eigenvalue weighted by Crippen LogP contribution is 2.30. The Morgan fingerprint density at radius 1 is 1.13 bits per heavy atom. The largest absolute Gasteiger partial charge is 0.379 e. The van der Waals surface area contributed by atoms with Gasteiger partial charge in [-0.1, -0.05) is 55.3 Å². The molecule has 0 bridgehead atoms. The first kappa shape index (κ1) is 21.3. The first-order chi connectivity index (χ1) is 14.8. The number of nitrogens with zero attached hydrogens (tertiary/aromatic N) is 5. The Hall–Kier alpha value is -1.97. The van der Waals surface area contributed by atoms with E-state index in [4.69, 9.17) is 4.74 Å². The van der Waals surface area contributed by atoms with E-state index in [-0.39, 0.29) is 5.91 Å². The molecule has 1 saturated carbocycles. The molecule has 2 heterocycles. The van der Waals surface area contributed by atoms with Gasteiger partial charge in [-0.15, -0.1) is 5.10 Å². The molecule has 0 atom stereocenters. The van der Waals surface area contributed by atoms with Crippen molar-refractivity contribution in [2.24, 2.45) is 0 Å². The Labute approximate surface area is 181 Å². The summed E-state index contributed by atoms with van der Waals surface area (Å²) in [7, 11) is 0. The highest BCUT2D eigenvalue weighted by Gasteiger charge is 2.21. The van der Waals surface area contributed by atoms with Gasteiger partial charge in [-0.25, -0.2) is 4.68 Å². The summed E-state index contributed by atoms with van der Waals surface area (Å²) in [6.45, 7) is 4.90. The molecule has 4 rings (SSSR count). The zero-order chi connectivity index (χ0) is 20.6. The second-order valence-corrected chi connectivity index (χ2v) is 8.86. The maximum atomic E-state index is 12.5. The van der Waals surface area contributed by atoms with Gasteiger partial charge in [0.1, 0.15) is 0 Å². The van der Waals surface area contributed by atoms with Crippen molar-refractivity contribution < 1.29 is 9.53 Å². The second kappa shape index (κ2) is 10.9. The number of hydrogen-bond acceptors (Lipinski definition) is 7. The molecule has 162 valence electrons. The number of amides is 1. The molecule has 2 aliphatic rings. The van der Waals surface area contributed by atoms with Crippen LogP contribution >= 0.6 is 11.8 Å². The maximum absolute atomic E-state index is 12.5. The molecule has 30 heavy (non-hydrogen) atoms. The molecule has 1 aromatic carbocycles. The molecular weight excluding hydrogens is 400 g/mol. The molecule has 0 unspecified atom stereocenters. The van der Waals surface area contributed by atoms with E-state index in [1.807, 2.05) is 10.7 Å². The third kappa shape index (κ3) is 5.80. The van der Waals surface area contributed by atoms with Gasteiger partial charge in [0.25, 0.3) is 0 Å². The summed E-state index contributed by atoms with van der Waals surface area (Å²) in [6.07, 6.45) is 5.96. The van der Waals surface area contributed by atoms with Crippen LogP contribution in [0, 0.1) is 0 Å². The van der Waals surface area contributed by atoms with Gasteiger partial charge in [-0.3, -0.25) is 9.69 Å². The summed E-state index contributed by atoms with van der Waals surface area (Å²) in [5, 5.41) is 15.9. The van der Waals surface area contributed by atoms with Crippen LogP contribution in [0.2, 0.25) is 0 Å². The fourth-order valence-electron chi connectivity index (χ4n) is 4.09. The Bertz CT molecular complexity index is 817. The van der Waals surface area contributed by atoms with Crippen molar-refractivity contribution in [3.05, 3.63) is 35.4 Å². The molecule has 1 aromatic heterocycles. The second-order valence-electron chi connectivity index (χ2n) is 7.92. The number of benzene rings is 1. The monoisotopic (exact) mass is 430 g/mol. The van der Waals surface area contributed by atoms with Gasteiger partial charge in [0.15, 0.2) is 0 Å². The molecule has 0 spiro atoms. The van der Waals surface area contributed by atoms with E-state index in [0.717, 1.165) is 56.4 Å². The number of carbonyl (C=O) groups is 1. The minimum atomic E-state index is -0.000584. The predicted octanol–water partition coefficient (Wildman–Crippen LogP) is 2.42. The molecule has 8 nitrogen and oxygen atoms in total. The van der Waals surface area contributed by atoms with Crippen LogP contribution in [0.15, 0.2) is 29.4 Å². The fraction of sp³-hybridized carbons (Fsp3) is 0.619. The molecule has 2 fully saturated rings. The molecular formula is C21H30N6O2S. The van der Waals surface area contributed by atoms with Gasteiger partial charge in [0, 0.05) is 26.2 Å². The Morgan fingerprint density at radius 3 is 2.70 bits per heavy atom. The summed E-state index contributed by atoms with van der Waals surface area (Å²) >= 11 is 1.42. The van der Waals surface area contributed by atoms with Crippen molar-refractivity contribution in [1.82, 2.24) is 30.4 Å². The minimum absolute atomic E-state index is 0.000584. The summed E-state index contributed by atoms with van der Waals surface area (Å²) in [5.41, 5.74) is 2.42. The SMILES string of the molecule is O=C(CSc1nnnn1C1CCCCC1)NCc1ccccc1CN1CCOCC1. The Morgan fingerprint density at radius 2 is 1.90 bits per heavy atom. The number of rotatable bonds is 8. The van der Waals surface area contributed by atoms with Gasteiger partial charge >= 0.3 is 0 Å². The number of thioether (sulfide) groups is 1. The highest BCUT2D eigenvalue weighted by atomic mass is 32.2. The average Bonchev–Trinajstić information content (AvgIpc) is 3.27. The summed E-state index contributed by atoms with van der Waals surface area (Å²) in [4.78, 5) is 14.9. The highest BCUT2D eigenvalue weighted by molar-refractivity contribution is 7.99. The van der Waals surface area contributed by atoms with Gasteiger partial charge in [-0.05, 0) is 34.4 Å². The summed E-state index contributed by atoms with van der Waals surface area (Å²) in [6, 6.07) is 8.68. The van der Waals surface area contributed by atoms with E-state index in [9.17, 15) is 4.79 Å². The number of hydrogen-bond donors (Lipinski definition) is 1. The molecule has 1 aliphatic heterocycles. The van der Waals surface area contributed by atoms with Crippen LogP contribution in [-0.2, 0) is 22.6 Å². The number of ether oxygens (including phenoxy) is 1. The Kier molecular flexibility index (Phi) is 7.71. The summed E-state index contributed by atoms with van der Waals surface area (Å²) in [5.74, 6) is 0.318. The normalized spacial score (nSPS) is 18.4. The maximum Gasteiger partial charge on any atom is 0.230 e. The van der Waals surface area contributed by atoms with E-state index >= 15 is 0 Å². The lowest BCUT2D eigenvalue weighted by atomic mass is 9.96. The van der Waals surface area contributed by atoms with Crippen molar-refractivity contribution in [2.45, 2.75) is 56.4 Å². The molecule has 1 aliphatic carbocycles. The first-order valence-corrected chi connectivity index (χ1v) is 11.8. The van der Waals surface area contributed by atoms with Crippen molar-refractivity contribution >= 4 is 17.7 Å². The number of aromatic nitrogens is 4. The average molecular weight is 431 g/mol. The number of nitrogens with one attached hydrogen (secondary N) is 1. The lowest BCUT2D eigenvalue weighted by Gasteiger charge is -2.27. The number of carbonyl (C=O) groups excluding carboxylic acids is 1. The number of morpholine rings is 1. The molecule has 9 heteroatoms. The molecule has 1 N–H and O–H groups in total. The van der Waals surface area contributed by atoms with E-state index in [1.165, 1.54) is 36.6 Å². The van der Waals surface area contributed by atoms with Crippen molar-refractivity contribution in [2.75, 3.05) is 32.1 Å². The molecule has 1 amide bonds. The van der Waals surface area contributed by atoms with Gasteiger partial charge in [0.2, 0.25) is 11.1 Å². The quantitative estimate of drug-likeness (QED) is 0.644. The van der Waals surface area contributed by atoms with Gasteiger partial charge < -0.3 is 10.1 Å². The first-order valence-electron chi connectivity index (χ1n) is 10.8. The molecule has 0 radical (unpaired) electrons. The zero-order valence-electron chi connectivity index (χ0n) is 17.3. The third-order valence-corrected chi connectivity index (χ3v) is 6.74. The Balaban J connectivity index is 1.27. The van der Waals surface area contributed by atoms with Crippen LogP contribution in [0.5, 0.6) is 0 Å². The van der Waals surface area contributed by atoms with Crippen molar-refractivity contribution in [3.8, 4) is 0 Å². The van der Waals surface area contributed by atoms with Crippen LogP contribution in [0.25, 0.3) is 0 Å². The lowest BCUT2D eigenvalue weighted by molar-refractivity contribution is -0.118. The third-order valence-electron chi connectivity index (χ3n) is 5.81. The molecule has 2 aromatic rings. The molecule has 1 saturated heterocycles. The fourth-order valence-corrected chi connectivity index (χ4v) is 4.87. The van der Waals surface area contributed by atoms with E-state index in [2.05, 4.69) is 43.9 Å². The van der Waals surface area contributed by atoms with Crippen molar-refractivity contribution in [1.29, 1.82) is 0 Å². The summed E-state index contributed by atoms with van der Waals surface area (Å²) < 4.78 is 7.35. The van der Waals surface area contributed by atoms with E-state index in [1.54, 1.807) is 0 Å².